The van der Waals surface area contributed by atoms with E-state index in [9.17, 15) is 9.59 Å². The molecule has 120 valence electrons. The van der Waals surface area contributed by atoms with Crippen molar-refractivity contribution in [3.63, 3.8) is 0 Å². The predicted octanol–water partition coefficient (Wildman–Crippen LogP) is 2.01. The summed E-state index contributed by atoms with van der Waals surface area (Å²) in [5, 5.41) is 12.1. The number of carboxylic acids is 1. The van der Waals surface area contributed by atoms with Crippen molar-refractivity contribution in [3.8, 4) is 0 Å². The third-order valence-corrected chi connectivity index (χ3v) is 4.91. The summed E-state index contributed by atoms with van der Waals surface area (Å²) in [5.74, 6) is -0.0935. The van der Waals surface area contributed by atoms with Gasteiger partial charge < -0.3 is 10.4 Å². The van der Waals surface area contributed by atoms with Crippen LogP contribution in [0.1, 0.15) is 58.3 Å². The quantitative estimate of drug-likeness (QED) is 0.786. The molecular weight excluding hydrogens is 268 g/mol. The number of hydrogen-bond donors (Lipinski definition) is 2. The maximum Gasteiger partial charge on any atom is 0.317 e. The van der Waals surface area contributed by atoms with Crippen LogP contribution in [0, 0.1) is 5.92 Å². The van der Waals surface area contributed by atoms with E-state index in [4.69, 9.17) is 5.11 Å². The van der Waals surface area contributed by atoms with E-state index in [0.29, 0.717) is 0 Å². The van der Waals surface area contributed by atoms with Crippen LogP contribution in [0.25, 0.3) is 0 Å². The lowest BCUT2D eigenvalue weighted by atomic mass is 9.87. The van der Waals surface area contributed by atoms with Crippen molar-refractivity contribution in [3.05, 3.63) is 0 Å². The number of rotatable bonds is 6. The lowest BCUT2D eigenvalue weighted by Crippen LogP contribution is -2.47. The molecule has 21 heavy (non-hydrogen) atoms. The van der Waals surface area contributed by atoms with Crippen molar-refractivity contribution in [2.24, 2.45) is 5.92 Å². The standard InChI is InChI=1S/C16H28N2O3/c1-12-6-8-13(9-7-12)17-15(19)10-18(11-16(20)21)14-4-2-3-5-14/h12-14H,2-11H2,1H3,(H,17,19)(H,20,21). The molecule has 0 heterocycles. The molecule has 0 unspecified atom stereocenters. The van der Waals surface area contributed by atoms with E-state index in [-0.39, 0.29) is 31.1 Å². The highest BCUT2D eigenvalue weighted by molar-refractivity contribution is 5.79. The maximum atomic E-state index is 12.2. The predicted molar refractivity (Wildman–Crippen MR) is 81.0 cm³/mol. The number of nitrogens with zero attached hydrogens (tertiary/aromatic N) is 1. The number of amides is 1. The summed E-state index contributed by atoms with van der Waals surface area (Å²) in [5.41, 5.74) is 0. The second-order valence-electron chi connectivity index (χ2n) is 6.76. The number of hydrogen-bond acceptors (Lipinski definition) is 3. The third kappa shape index (κ3) is 5.30. The molecular formula is C16H28N2O3. The summed E-state index contributed by atoms with van der Waals surface area (Å²) in [7, 11) is 0. The Morgan fingerprint density at radius 3 is 2.24 bits per heavy atom. The molecule has 2 saturated carbocycles. The van der Waals surface area contributed by atoms with E-state index >= 15 is 0 Å². The highest BCUT2D eigenvalue weighted by Crippen LogP contribution is 2.24. The second kappa shape index (κ2) is 7.78. The van der Waals surface area contributed by atoms with Gasteiger partial charge in [0.2, 0.25) is 5.91 Å². The fourth-order valence-corrected chi connectivity index (χ4v) is 3.62. The van der Waals surface area contributed by atoms with Gasteiger partial charge in [0.1, 0.15) is 0 Å². The average molecular weight is 296 g/mol. The van der Waals surface area contributed by atoms with Crippen LogP contribution in [-0.4, -0.2) is 47.1 Å². The molecule has 0 aromatic rings. The Morgan fingerprint density at radius 1 is 1.05 bits per heavy atom. The van der Waals surface area contributed by atoms with Crippen LogP contribution in [0.3, 0.4) is 0 Å². The van der Waals surface area contributed by atoms with E-state index < -0.39 is 5.97 Å². The molecule has 0 aromatic heterocycles. The SMILES string of the molecule is CC1CCC(NC(=O)CN(CC(=O)O)C2CCCC2)CC1. The van der Waals surface area contributed by atoms with Gasteiger partial charge in [0.25, 0.3) is 0 Å². The van der Waals surface area contributed by atoms with Gasteiger partial charge in [0.15, 0.2) is 0 Å². The first-order valence-corrected chi connectivity index (χ1v) is 8.30. The van der Waals surface area contributed by atoms with Gasteiger partial charge in [-0.15, -0.1) is 0 Å². The van der Waals surface area contributed by atoms with Crippen LogP contribution >= 0.6 is 0 Å². The largest absolute Gasteiger partial charge is 0.480 e. The van der Waals surface area contributed by atoms with Gasteiger partial charge in [-0.05, 0) is 44.4 Å². The van der Waals surface area contributed by atoms with Crippen LogP contribution in [0.5, 0.6) is 0 Å². The molecule has 0 spiro atoms. The zero-order valence-electron chi connectivity index (χ0n) is 13.0. The minimum absolute atomic E-state index is 0.0114. The first kappa shape index (κ1) is 16.3. The first-order chi connectivity index (χ1) is 10.0. The van der Waals surface area contributed by atoms with Crippen LogP contribution < -0.4 is 5.32 Å². The number of carbonyl (C=O) groups is 2. The summed E-state index contributed by atoms with van der Waals surface area (Å²) in [6, 6.07) is 0.544. The summed E-state index contributed by atoms with van der Waals surface area (Å²) in [4.78, 5) is 25.0. The molecule has 2 aliphatic rings. The number of carbonyl (C=O) groups excluding carboxylic acids is 1. The summed E-state index contributed by atoms with van der Waals surface area (Å²) in [6.45, 7) is 2.45. The summed E-state index contributed by atoms with van der Waals surface area (Å²) >= 11 is 0. The van der Waals surface area contributed by atoms with E-state index in [1.165, 1.54) is 12.8 Å². The molecule has 0 aliphatic heterocycles. The normalized spacial score (nSPS) is 27.0. The van der Waals surface area contributed by atoms with Crippen molar-refractivity contribution in [2.45, 2.75) is 70.4 Å². The molecule has 2 aliphatic carbocycles. The second-order valence-corrected chi connectivity index (χ2v) is 6.76. The zero-order chi connectivity index (χ0) is 15.2. The van der Waals surface area contributed by atoms with Crippen molar-refractivity contribution < 1.29 is 14.7 Å². The Kier molecular flexibility index (Phi) is 6.03. The zero-order valence-corrected chi connectivity index (χ0v) is 13.0. The Bertz CT molecular complexity index is 359. The molecule has 5 nitrogen and oxygen atoms in total. The van der Waals surface area contributed by atoms with Gasteiger partial charge in [-0.2, -0.15) is 0 Å². The van der Waals surface area contributed by atoms with Gasteiger partial charge in [0, 0.05) is 12.1 Å². The molecule has 0 atom stereocenters. The van der Waals surface area contributed by atoms with Crippen molar-refractivity contribution >= 4 is 11.9 Å². The van der Waals surface area contributed by atoms with Gasteiger partial charge in [-0.3, -0.25) is 14.5 Å². The lowest BCUT2D eigenvalue weighted by Gasteiger charge is -2.30. The Morgan fingerprint density at radius 2 is 1.67 bits per heavy atom. The number of nitrogens with one attached hydrogen (secondary N) is 1. The molecule has 2 N–H and O–H groups in total. The Hall–Kier alpha value is -1.10. The maximum absolute atomic E-state index is 12.2. The molecule has 5 heteroatoms. The smallest absolute Gasteiger partial charge is 0.317 e. The molecule has 1 amide bonds. The van der Waals surface area contributed by atoms with Gasteiger partial charge in [0.05, 0.1) is 13.1 Å². The van der Waals surface area contributed by atoms with Crippen LogP contribution in [0.2, 0.25) is 0 Å². The van der Waals surface area contributed by atoms with E-state index in [1.54, 1.807) is 0 Å². The van der Waals surface area contributed by atoms with E-state index in [2.05, 4.69) is 12.2 Å². The molecule has 2 rings (SSSR count). The lowest BCUT2D eigenvalue weighted by molar-refractivity contribution is -0.139. The first-order valence-electron chi connectivity index (χ1n) is 8.30. The van der Waals surface area contributed by atoms with Gasteiger partial charge in [-0.25, -0.2) is 0 Å². The van der Waals surface area contributed by atoms with Gasteiger partial charge in [-0.1, -0.05) is 19.8 Å². The van der Waals surface area contributed by atoms with Gasteiger partial charge >= 0.3 is 5.97 Å². The third-order valence-electron chi connectivity index (χ3n) is 4.91. The van der Waals surface area contributed by atoms with E-state index in [1.807, 2.05) is 4.90 Å². The Labute approximate surface area is 127 Å². The van der Waals surface area contributed by atoms with E-state index in [0.717, 1.165) is 44.4 Å². The topological polar surface area (TPSA) is 69.6 Å². The molecule has 0 bridgehead atoms. The Balaban J connectivity index is 1.81. The highest BCUT2D eigenvalue weighted by atomic mass is 16.4. The highest BCUT2D eigenvalue weighted by Gasteiger charge is 2.27. The van der Waals surface area contributed by atoms with Crippen molar-refractivity contribution in [1.29, 1.82) is 0 Å². The minimum atomic E-state index is -0.846. The molecule has 0 radical (unpaired) electrons. The number of carboxylic acid groups (broad SMARTS) is 1. The van der Waals surface area contributed by atoms with Crippen molar-refractivity contribution in [1.82, 2.24) is 10.2 Å². The monoisotopic (exact) mass is 296 g/mol. The van der Waals surface area contributed by atoms with Crippen LogP contribution in [0.15, 0.2) is 0 Å². The fourth-order valence-electron chi connectivity index (χ4n) is 3.62. The minimum Gasteiger partial charge on any atom is -0.480 e. The average Bonchev–Trinajstić information content (AvgIpc) is 2.94. The molecule has 0 saturated heterocycles. The van der Waals surface area contributed by atoms with Crippen molar-refractivity contribution in [2.75, 3.05) is 13.1 Å². The number of aliphatic carboxylic acids is 1. The molecule has 0 aromatic carbocycles. The van der Waals surface area contributed by atoms with Crippen LogP contribution in [0.4, 0.5) is 0 Å². The molecule has 2 fully saturated rings. The fraction of sp³-hybridized carbons (Fsp3) is 0.875. The van der Waals surface area contributed by atoms with Crippen LogP contribution in [-0.2, 0) is 9.59 Å². The summed E-state index contributed by atoms with van der Waals surface area (Å²) < 4.78 is 0. The summed E-state index contributed by atoms with van der Waals surface area (Å²) in [6.07, 6.45) is 8.76.